The maximum absolute atomic E-state index is 13.0. The lowest BCUT2D eigenvalue weighted by Crippen LogP contribution is -2.58. The number of ether oxygens (including phenoxy) is 2. The summed E-state index contributed by atoms with van der Waals surface area (Å²) in [6.07, 6.45) is 0.553. The van der Waals surface area contributed by atoms with Crippen LogP contribution in [0.25, 0.3) is 0 Å². The molecule has 3 aliphatic rings. The van der Waals surface area contributed by atoms with Crippen molar-refractivity contribution in [2.75, 3.05) is 37.7 Å². The first-order valence-corrected chi connectivity index (χ1v) is 9.31. The smallest absolute Gasteiger partial charge is 0.239 e. The molecule has 0 saturated carbocycles. The molecule has 4 rings (SSSR count). The van der Waals surface area contributed by atoms with Crippen molar-refractivity contribution in [3.8, 4) is 11.5 Å². The van der Waals surface area contributed by atoms with E-state index in [2.05, 4.69) is 12.2 Å². The Bertz CT molecular complexity index is 723. The van der Waals surface area contributed by atoms with Gasteiger partial charge in [0.1, 0.15) is 19.1 Å². The summed E-state index contributed by atoms with van der Waals surface area (Å²) in [5.74, 6) is 0.598. The maximum Gasteiger partial charge on any atom is 0.239 e. The molecule has 3 atom stereocenters. The first kappa shape index (κ1) is 17.1. The Morgan fingerprint density at radius 3 is 2.73 bits per heavy atom. The molecule has 7 heteroatoms. The highest BCUT2D eigenvalue weighted by atomic mass is 16.6. The van der Waals surface area contributed by atoms with Crippen LogP contribution in [0.5, 0.6) is 11.5 Å². The molecule has 1 aromatic carbocycles. The molecule has 0 bridgehead atoms. The van der Waals surface area contributed by atoms with E-state index in [0.29, 0.717) is 44.2 Å². The molecule has 2 amide bonds. The van der Waals surface area contributed by atoms with Crippen molar-refractivity contribution in [2.24, 2.45) is 5.92 Å². The summed E-state index contributed by atoms with van der Waals surface area (Å²) >= 11 is 0. The molecule has 0 aromatic heterocycles. The van der Waals surface area contributed by atoms with E-state index >= 15 is 0 Å². The van der Waals surface area contributed by atoms with Crippen molar-refractivity contribution in [1.82, 2.24) is 10.2 Å². The van der Waals surface area contributed by atoms with Crippen LogP contribution in [0.1, 0.15) is 20.3 Å². The van der Waals surface area contributed by atoms with E-state index < -0.39 is 5.92 Å². The number of benzene rings is 1. The van der Waals surface area contributed by atoms with Crippen LogP contribution in [0, 0.1) is 5.92 Å². The number of anilines is 1. The molecule has 1 aromatic rings. The van der Waals surface area contributed by atoms with E-state index in [9.17, 15) is 9.59 Å². The fraction of sp³-hybridized carbons (Fsp3) is 0.579. The van der Waals surface area contributed by atoms with E-state index in [-0.39, 0.29) is 23.9 Å². The fourth-order valence-electron chi connectivity index (χ4n) is 3.93. The Labute approximate surface area is 153 Å². The highest BCUT2D eigenvalue weighted by Crippen LogP contribution is 2.36. The van der Waals surface area contributed by atoms with Crippen molar-refractivity contribution >= 4 is 17.5 Å². The van der Waals surface area contributed by atoms with Crippen LogP contribution in [0.15, 0.2) is 18.2 Å². The molecule has 3 aliphatic heterocycles. The molecular formula is C19H25N3O4. The van der Waals surface area contributed by atoms with Crippen LogP contribution in [-0.2, 0) is 9.59 Å². The second-order valence-electron chi connectivity index (χ2n) is 7.17. The van der Waals surface area contributed by atoms with Crippen molar-refractivity contribution in [3.05, 3.63) is 18.2 Å². The molecule has 3 unspecified atom stereocenters. The highest BCUT2D eigenvalue weighted by Gasteiger charge is 2.42. The normalized spacial score (nSPS) is 28.4. The van der Waals surface area contributed by atoms with Gasteiger partial charge in [0.25, 0.3) is 0 Å². The van der Waals surface area contributed by atoms with Crippen molar-refractivity contribution in [1.29, 1.82) is 0 Å². The number of amides is 2. The summed E-state index contributed by atoms with van der Waals surface area (Å²) < 4.78 is 11.1. The number of rotatable bonds is 2. The number of nitrogens with zero attached hydrogens (tertiary/aromatic N) is 2. The minimum absolute atomic E-state index is 0.0455. The van der Waals surface area contributed by atoms with Gasteiger partial charge in [0.15, 0.2) is 11.5 Å². The van der Waals surface area contributed by atoms with Gasteiger partial charge in [0.2, 0.25) is 11.8 Å². The Kier molecular flexibility index (Phi) is 4.48. The third kappa shape index (κ3) is 2.90. The lowest BCUT2D eigenvalue weighted by molar-refractivity contribution is -0.142. The van der Waals surface area contributed by atoms with Gasteiger partial charge in [-0.2, -0.15) is 0 Å². The van der Waals surface area contributed by atoms with E-state index in [1.54, 1.807) is 4.90 Å². The van der Waals surface area contributed by atoms with E-state index in [1.807, 2.05) is 30.0 Å². The number of fused-ring (bicyclic) bond motifs is 1. The van der Waals surface area contributed by atoms with E-state index in [1.165, 1.54) is 0 Å². The van der Waals surface area contributed by atoms with Crippen molar-refractivity contribution < 1.29 is 19.1 Å². The van der Waals surface area contributed by atoms with Gasteiger partial charge in [0, 0.05) is 43.5 Å². The SMILES string of the molecule is CC1NCCN(C(=O)C2CCN(c3ccc4c(c3)OCCO4)C2=O)C1C. The number of piperazine rings is 1. The maximum atomic E-state index is 13.0. The molecule has 0 spiro atoms. The first-order chi connectivity index (χ1) is 12.6. The van der Waals surface area contributed by atoms with Crippen LogP contribution in [0.2, 0.25) is 0 Å². The van der Waals surface area contributed by atoms with E-state index in [0.717, 1.165) is 12.2 Å². The molecule has 1 N–H and O–H groups in total. The zero-order valence-corrected chi connectivity index (χ0v) is 15.2. The van der Waals surface area contributed by atoms with Crippen LogP contribution >= 0.6 is 0 Å². The summed E-state index contributed by atoms with van der Waals surface area (Å²) in [5, 5.41) is 3.37. The predicted molar refractivity (Wildman–Crippen MR) is 96.5 cm³/mol. The fourth-order valence-corrected chi connectivity index (χ4v) is 3.93. The summed E-state index contributed by atoms with van der Waals surface area (Å²) in [4.78, 5) is 29.5. The standard InChI is InChI=1S/C19H25N3O4/c1-12-13(2)21(8-6-20-12)18(23)15-5-7-22(19(15)24)14-3-4-16-17(11-14)26-10-9-25-16/h3-4,11-13,15,20H,5-10H2,1-2H3. The van der Waals surface area contributed by atoms with Gasteiger partial charge in [-0.15, -0.1) is 0 Å². The summed E-state index contributed by atoms with van der Waals surface area (Å²) in [7, 11) is 0. The monoisotopic (exact) mass is 359 g/mol. The number of hydrogen-bond donors (Lipinski definition) is 1. The van der Waals surface area contributed by atoms with Gasteiger partial charge in [-0.1, -0.05) is 0 Å². The van der Waals surface area contributed by atoms with Crippen LogP contribution in [0.4, 0.5) is 5.69 Å². The van der Waals surface area contributed by atoms with Gasteiger partial charge in [-0.05, 0) is 32.4 Å². The van der Waals surface area contributed by atoms with Crippen LogP contribution in [-0.4, -0.2) is 61.6 Å². The molecule has 2 fully saturated rings. The Hall–Kier alpha value is -2.28. The van der Waals surface area contributed by atoms with Gasteiger partial charge in [-0.3, -0.25) is 9.59 Å². The quantitative estimate of drug-likeness (QED) is 0.799. The van der Waals surface area contributed by atoms with Gasteiger partial charge in [0.05, 0.1) is 0 Å². The molecule has 0 radical (unpaired) electrons. The summed E-state index contributed by atoms with van der Waals surface area (Å²) in [5.41, 5.74) is 0.760. The average molecular weight is 359 g/mol. The minimum atomic E-state index is -0.587. The number of nitrogens with one attached hydrogen (secondary N) is 1. The van der Waals surface area contributed by atoms with Crippen molar-refractivity contribution in [2.45, 2.75) is 32.4 Å². The van der Waals surface area contributed by atoms with Gasteiger partial charge >= 0.3 is 0 Å². The van der Waals surface area contributed by atoms with Crippen LogP contribution < -0.4 is 19.7 Å². The zero-order chi connectivity index (χ0) is 18.3. The molecule has 26 heavy (non-hydrogen) atoms. The second kappa shape index (κ2) is 6.79. The average Bonchev–Trinajstić information content (AvgIpc) is 3.04. The lowest BCUT2D eigenvalue weighted by Gasteiger charge is -2.39. The number of carbonyl (C=O) groups excluding carboxylic acids is 2. The lowest BCUT2D eigenvalue weighted by atomic mass is 10.0. The topological polar surface area (TPSA) is 71.1 Å². The third-order valence-electron chi connectivity index (χ3n) is 5.66. The molecule has 7 nitrogen and oxygen atoms in total. The van der Waals surface area contributed by atoms with E-state index in [4.69, 9.17) is 9.47 Å². The molecule has 140 valence electrons. The Balaban J connectivity index is 1.50. The molecular weight excluding hydrogens is 334 g/mol. The van der Waals surface area contributed by atoms with Gasteiger partial charge < -0.3 is 24.6 Å². The molecule has 2 saturated heterocycles. The minimum Gasteiger partial charge on any atom is -0.486 e. The molecule has 3 heterocycles. The summed E-state index contributed by atoms with van der Waals surface area (Å²) in [6, 6.07) is 5.83. The third-order valence-corrected chi connectivity index (χ3v) is 5.66. The van der Waals surface area contributed by atoms with Crippen molar-refractivity contribution in [3.63, 3.8) is 0 Å². The first-order valence-electron chi connectivity index (χ1n) is 9.31. The largest absolute Gasteiger partial charge is 0.486 e. The molecule has 0 aliphatic carbocycles. The number of hydrogen-bond acceptors (Lipinski definition) is 5. The Morgan fingerprint density at radius 1 is 1.15 bits per heavy atom. The highest BCUT2D eigenvalue weighted by molar-refractivity contribution is 6.09. The second-order valence-corrected chi connectivity index (χ2v) is 7.17. The Morgan fingerprint density at radius 2 is 1.92 bits per heavy atom. The van der Waals surface area contributed by atoms with Gasteiger partial charge in [-0.25, -0.2) is 0 Å². The summed E-state index contributed by atoms with van der Waals surface area (Å²) in [6.45, 7) is 7.11. The zero-order valence-electron chi connectivity index (χ0n) is 15.2. The number of carbonyl (C=O) groups is 2. The predicted octanol–water partition coefficient (Wildman–Crippen LogP) is 1.02. The van der Waals surface area contributed by atoms with Crippen LogP contribution in [0.3, 0.4) is 0 Å².